The fraction of sp³-hybridized carbons (Fsp3) is 0.500. The fourth-order valence-electron chi connectivity index (χ4n) is 1.33. The molecule has 0 aliphatic heterocycles. The molecule has 1 aromatic rings. The van der Waals surface area contributed by atoms with Gasteiger partial charge < -0.3 is 4.74 Å². The van der Waals surface area contributed by atoms with E-state index >= 15 is 0 Å². The van der Waals surface area contributed by atoms with E-state index in [1.807, 2.05) is 13.0 Å². The van der Waals surface area contributed by atoms with Gasteiger partial charge in [0.1, 0.15) is 17.5 Å². The van der Waals surface area contributed by atoms with Gasteiger partial charge in [-0.2, -0.15) is 5.26 Å². The van der Waals surface area contributed by atoms with Crippen LogP contribution in [0.15, 0.2) is 18.3 Å². The number of rotatable bonds is 5. The van der Waals surface area contributed by atoms with Crippen LogP contribution in [0.25, 0.3) is 0 Å². The van der Waals surface area contributed by atoms with Crippen LogP contribution in [0.5, 0.6) is 5.75 Å². The molecule has 0 saturated carbocycles. The van der Waals surface area contributed by atoms with E-state index < -0.39 is 0 Å². The molecule has 0 N–H and O–H groups in total. The van der Waals surface area contributed by atoms with E-state index in [9.17, 15) is 0 Å². The van der Waals surface area contributed by atoms with Crippen LogP contribution in [0.4, 0.5) is 0 Å². The monoisotopic (exact) mass is 204 g/mol. The van der Waals surface area contributed by atoms with Gasteiger partial charge in [-0.15, -0.1) is 0 Å². The Morgan fingerprint density at radius 1 is 1.60 bits per heavy atom. The minimum atomic E-state index is 0.193. The van der Waals surface area contributed by atoms with Crippen molar-refractivity contribution in [1.82, 2.24) is 4.98 Å². The van der Waals surface area contributed by atoms with Crippen molar-refractivity contribution in [3.8, 4) is 11.8 Å². The zero-order valence-corrected chi connectivity index (χ0v) is 9.23. The van der Waals surface area contributed by atoms with Crippen LogP contribution in [-0.4, -0.2) is 11.1 Å². The highest BCUT2D eigenvalue weighted by Crippen LogP contribution is 2.14. The second kappa shape index (κ2) is 6.02. The summed E-state index contributed by atoms with van der Waals surface area (Å²) in [6.45, 7) is 4.20. The maximum absolute atomic E-state index is 8.67. The van der Waals surface area contributed by atoms with Crippen molar-refractivity contribution in [3.63, 3.8) is 0 Å². The first-order valence-electron chi connectivity index (χ1n) is 5.29. The number of hydrogen-bond acceptors (Lipinski definition) is 3. The smallest absolute Gasteiger partial charge is 0.144 e. The fourth-order valence-corrected chi connectivity index (χ4v) is 1.33. The molecule has 0 bridgehead atoms. The molecule has 1 atom stereocenters. The molecular formula is C12H16N2O. The van der Waals surface area contributed by atoms with Crippen molar-refractivity contribution in [2.24, 2.45) is 0 Å². The van der Waals surface area contributed by atoms with Gasteiger partial charge in [0.15, 0.2) is 0 Å². The minimum Gasteiger partial charge on any atom is -0.491 e. The third-order valence-electron chi connectivity index (χ3n) is 2.15. The summed E-state index contributed by atoms with van der Waals surface area (Å²) in [5, 5.41) is 8.67. The van der Waals surface area contributed by atoms with Gasteiger partial charge in [-0.25, -0.2) is 4.98 Å². The first-order chi connectivity index (χ1) is 7.26. The number of pyridine rings is 1. The lowest BCUT2D eigenvalue weighted by atomic mass is 10.2. The average molecular weight is 204 g/mol. The Balaban J connectivity index is 2.53. The summed E-state index contributed by atoms with van der Waals surface area (Å²) in [4.78, 5) is 3.89. The van der Waals surface area contributed by atoms with Crippen molar-refractivity contribution in [2.75, 3.05) is 0 Å². The number of hydrogen-bond donors (Lipinski definition) is 0. The highest BCUT2D eigenvalue weighted by atomic mass is 16.5. The van der Waals surface area contributed by atoms with Gasteiger partial charge in [0.05, 0.1) is 6.10 Å². The molecule has 3 heteroatoms. The van der Waals surface area contributed by atoms with Gasteiger partial charge in [-0.3, -0.25) is 0 Å². The van der Waals surface area contributed by atoms with Crippen molar-refractivity contribution < 1.29 is 4.74 Å². The normalized spacial score (nSPS) is 11.8. The number of nitriles is 1. The zero-order chi connectivity index (χ0) is 11.1. The van der Waals surface area contributed by atoms with Gasteiger partial charge in [0.25, 0.3) is 0 Å². The zero-order valence-electron chi connectivity index (χ0n) is 9.23. The standard InChI is InChI=1S/C12H16N2O/c1-3-4-5-10(2)15-12-6-7-14-11(8-12)9-13/h6-8,10H,3-5H2,1-2H3/t10-/m1/s1. The molecule has 0 aromatic carbocycles. The van der Waals surface area contributed by atoms with Crippen LogP contribution in [-0.2, 0) is 0 Å². The number of nitrogens with zero attached hydrogens (tertiary/aromatic N) is 2. The average Bonchev–Trinajstić information content (AvgIpc) is 2.26. The Morgan fingerprint density at radius 2 is 2.40 bits per heavy atom. The first-order valence-corrected chi connectivity index (χ1v) is 5.29. The SMILES string of the molecule is CCCC[C@@H](C)Oc1ccnc(C#N)c1. The Hall–Kier alpha value is -1.56. The Labute approximate surface area is 90.7 Å². The van der Waals surface area contributed by atoms with Gasteiger partial charge in [-0.1, -0.05) is 19.8 Å². The first kappa shape index (κ1) is 11.5. The molecule has 0 aliphatic rings. The maximum Gasteiger partial charge on any atom is 0.144 e. The predicted molar refractivity (Wildman–Crippen MR) is 58.6 cm³/mol. The van der Waals surface area contributed by atoms with Gasteiger partial charge >= 0.3 is 0 Å². The molecule has 15 heavy (non-hydrogen) atoms. The molecule has 0 saturated heterocycles. The van der Waals surface area contributed by atoms with Crippen LogP contribution in [0.1, 0.15) is 38.8 Å². The molecule has 1 heterocycles. The van der Waals surface area contributed by atoms with E-state index in [4.69, 9.17) is 10.00 Å². The third-order valence-corrected chi connectivity index (χ3v) is 2.15. The van der Waals surface area contributed by atoms with Crippen molar-refractivity contribution >= 4 is 0 Å². The Kier molecular flexibility index (Phi) is 4.62. The van der Waals surface area contributed by atoms with Gasteiger partial charge in [-0.05, 0) is 19.4 Å². The molecule has 0 aliphatic carbocycles. The number of ether oxygens (including phenoxy) is 1. The third kappa shape index (κ3) is 3.99. The molecule has 0 amide bonds. The Morgan fingerprint density at radius 3 is 3.07 bits per heavy atom. The van der Waals surface area contributed by atoms with Crippen molar-refractivity contribution in [1.29, 1.82) is 5.26 Å². The maximum atomic E-state index is 8.67. The second-order valence-electron chi connectivity index (χ2n) is 3.56. The molecular weight excluding hydrogens is 188 g/mol. The summed E-state index contributed by atoms with van der Waals surface area (Å²) in [5.41, 5.74) is 0.398. The lowest BCUT2D eigenvalue weighted by Gasteiger charge is -2.13. The summed E-state index contributed by atoms with van der Waals surface area (Å²) in [6.07, 6.45) is 5.17. The topological polar surface area (TPSA) is 45.9 Å². The van der Waals surface area contributed by atoms with E-state index in [0.29, 0.717) is 5.69 Å². The van der Waals surface area contributed by atoms with E-state index in [1.165, 1.54) is 6.42 Å². The highest BCUT2D eigenvalue weighted by Gasteiger charge is 2.04. The van der Waals surface area contributed by atoms with Gasteiger partial charge in [0.2, 0.25) is 0 Å². The summed E-state index contributed by atoms with van der Waals surface area (Å²) < 4.78 is 5.67. The summed E-state index contributed by atoms with van der Waals surface area (Å²) >= 11 is 0. The van der Waals surface area contributed by atoms with Crippen molar-refractivity contribution in [3.05, 3.63) is 24.0 Å². The van der Waals surface area contributed by atoms with Crippen LogP contribution in [0.2, 0.25) is 0 Å². The van der Waals surface area contributed by atoms with E-state index in [-0.39, 0.29) is 6.10 Å². The number of aromatic nitrogens is 1. The van der Waals surface area contributed by atoms with Crippen LogP contribution >= 0.6 is 0 Å². The van der Waals surface area contributed by atoms with Crippen LogP contribution in [0, 0.1) is 11.3 Å². The summed E-state index contributed by atoms with van der Waals surface area (Å²) in [6, 6.07) is 5.44. The molecule has 0 unspecified atom stereocenters. The molecule has 0 spiro atoms. The predicted octanol–water partition coefficient (Wildman–Crippen LogP) is 2.91. The molecule has 0 radical (unpaired) electrons. The minimum absolute atomic E-state index is 0.193. The Bertz CT molecular complexity index is 344. The van der Waals surface area contributed by atoms with Crippen molar-refractivity contribution in [2.45, 2.75) is 39.2 Å². The van der Waals surface area contributed by atoms with Crippen LogP contribution < -0.4 is 4.74 Å². The van der Waals surface area contributed by atoms with E-state index in [1.54, 1.807) is 18.3 Å². The van der Waals surface area contributed by atoms with Gasteiger partial charge in [0, 0.05) is 12.3 Å². The molecule has 0 fully saturated rings. The second-order valence-corrected chi connectivity index (χ2v) is 3.56. The summed E-state index contributed by atoms with van der Waals surface area (Å²) in [7, 11) is 0. The van der Waals surface area contributed by atoms with E-state index in [0.717, 1.165) is 18.6 Å². The lowest BCUT2D eigenvalue weighted by molar-refractivity contribution is 0.207. The van der Waals surface area contributed by atoms with E-state index in [2.05, 4.69) is 11.9 Å². The largest absolute Gasteiger partial charge is 0.491 e. The molecule has 1 aromatic heterocycles. The number of unbranched alkanes of at least 4 members (excludes halogenated alkanes) is 1. The summed E-state index contributed by atoms with van der Waals surface area (Å²) in [5.74, 6) is 0.727. The van der Waals surface area contributed by atoms with Crippen LogP contribution in [0.3, 0.4) is 0 Å². The lowest BCUT2D eigenvalue weighted by Crippen LogP contribution is -2.11. The molecule has 80 valence electrons. The molecule has 3 nitrogen and oxygen atoms in total. The quantitative estimate of drug-likeness (QED) is 0.740. The highest BCUT2D eigenvalue weighted by molar-refractivity contribution is 5.29. The molecule has 1 rings (SSSR count).